The summed E-state index contributed by atoms with van der Waals surface area (Å²) >= 11 is 0. The maximum absolute atomic E-state index is 15.2. The number of likely N-dealkylation sites (tertiary alicyclic amines) is 1. The second kappa shape index (κ2) is 47.4. The fraction of sp³-hybridized carbons (Fsp3) is 0.446. The van der Waals surface area contributed by atoms with Gasteiger partial charge in [-0.15, -0.1) is 0 Å². The predicted molar refractivity (Wildman–Crippen MR) is 441 cm³/mol. The van der Waals surface area contributed by atoms with Crippen molar-refractivity contribution in [1.29, 1.82) is 5.41 Å². The Morgan fingerprint density at radius 2 is 0.942 bits per heavy atom. The standard InChI is InChI=1S/C83H113N19O18/c1-9-68(107)92-60(40-51-21-13-10-14-22-51)79(117)99(6)50(4)72(110)94-59(39-54-29-33-56(104)34-30-54)75(113)97-71(49(2)3)77(115)96-63(48-103)74(112)90-46-69(108)91-58(27-19-37-88-83(86)87)78(116)100(7)65(42-52-23-15-11-16-24-52)81(119)98(5)47-70(109)93-61(41-55-31-35-57(105)36-32-55)80(118)101(8)66(43-53-25-17-12-18-26-53)82(120)102-38-20-28-64(102)76(114)95-62(44-84)73(111)89-45-67(85)106/h10-18,21-26,29-36,49-50,58-66,71,103-105H,9,19-20,27-28,37-48,84H2,1-8H3,(H2,85,106)(H,89,111)(H,90,112)(H,91,108)(H,92,107)(H,93,109)(H,94,110)(H,95,114)(H,96,115)(H,97,113)(H4,86,87,88)/t50-,58-,59-,60-,61-,62-,63-,64-,65-,66-,71-/m0/s1. The van der Waals surface area contributed by atoms with E-state index in [0.717, 1.165) is 25.2 Å². The summed E-state index contributed by atoms with van der Waals surface area (Å²) < 4.78 is 0. The molecule has 20 N–H and O–H groups in total. The van der Waals surface area contributed by atoms with Crippen LogP contribution in [0.5, 0.6) is 11.5 Å². The fourth-order valence-corrected chi connectivity index (χ4v) is 13.3. The van der Waals surface area contributed by atoms with Crippen LogP contribution in [0.3, 0.4) is 0 Å². The first-order valence-corrected chi connectivity index (χ1v) is 39.4. The molecule has 1 aliphatic rings. The summed E-state index contributed by atoms with van der Waals surface area (Å²) in [6.07, 6.45) is -0.0523. The Kier molecular flexibility index (Phi) is 37.8. The number of rotatable bonds is 45. The summed E-state index contributed by atoms with van der Waals surface area (Å²) in [5, 5.41) is 64.1. The minimum Gasteiger partial charge on any atom is -0.508 e. The molecule has 11 atom stereocenters. The number of nitrogens with one attached hydrogen (secondary N) is 11. The second-order valence-electron chi connectivity index (χ2n) is 29.7. The first-order chi connectivity index (χ1) is 57.0. The maximum Gasteiger partial charge on any atom is 0.246 e. The molecule has 0 spiro atoms. The van der Waals surface area contributed by atoms with Crippen molar-refractivity contribution in [2.24, 2.45) is 23.1 Å². The molecule has 1 aliphatic heterocycles. The molecule has 120 heavy (non-hydrogen) atoms. The van der Waals surface area contributed by atoms with Crippen molar-refractivity contribution in [3.8, 4) is 11.5 Å². The summed E-state index contributed by atoms with van der Waals surface area (Å²) in [6.45, 7) is 2.72. The van der Waals surface area contributed by atoms with Gasteiger partial charge in [0.15, 0.2) is 5.96 Å². The van der Waals surface area contributed by atoms with Crippen molar-refractivity contribution < 1.29 is 87.2 Å². The van der Waals surface area contributed by atoms with Gasteiger partial charge in [-0.1, -0.05) is 136 Å². The highest BCUT2D eigenvalue weighted by Crippen LogP contribution is 2.24. The number of carbonyl (C=O) groups is 15. The molecule has 1 heterocycles. The first-order valence-electron chi connectivity index (χ1n) is 39.4. The fourth-order valence-electron chi connectivity index (χ4n) is 13.3. The Morgan fingerprint density at radius 1 is 0.483 bits per heavy atom. The van der Waals surface area contributed by atoms with E-state index in [1.807, 2.05) is 0 Å². The van der Waals surface area contributed by atoms with Gasteiger partial charge in [-0.3, -0.25) is 77.3 Å². The highest BCUT2D eigenvalue weighted by Gasteiger charge is 2.43. The van der Waals surface area contributed by atoms with E-state index in [9.17, 15) is 68.1 Å². The Bertz CT molecular complexity index is 4360. The number of nitrogens with two attached hydrogens (primary N) is 3. The van der Waals surface area contributed by atoms with Crippen molar-refractivity contribution in [3.63, 3.8) is 0 Å². The summed E-state index contributed by atoms with van der Waals surface area (Å²) in [4.78, 5) is 216. The van der Waals surface area contributed by atoms with Crippen molar-refractivity contribution >= 4 is 94.6 Å². The maximum atomic E-state index is 15.2. The zero-order chi connectivity index (χ0) is 88.4. The molecule has 0 unspecified atom stereocenters. The smallest absolute Gasteiger partial charge is 0.246 e. The van der Waals surface area contributed by atoms with Gasteiger partial charge >= 0.3 is 0 Å². The van der Waals surface area contributed by atoms with Crippen LogP contribution in [0.25, 0.3) is 0 Å². The molecule has 1 fully saturated rings. The third-order valence-electron chi connectivity index (χ3n) is 20.3. The van der Waals surface area contributed by atoms with Crippen molar-refractivity contribution in [2.75, 3.05) is 74.1 Å². The van der Waals surface area contributed by atoms with Gasteiger partial charge in [-0.05, 0) is 90.6 Å². The molecule has 6 rings (SSSR count). The summed E-state index contributed by atoms with van der Waals surface area (Å²) in [6, 6.07) is 22.5. The number of phenolic OH excluding ortho intramolecular Hbond substituents is 2. The van der Waals surface area contributed by atoms with Gasteiger partial charge in [0.05, 0.1) is 26.2 Å². The SMILES string of the molecule is CCC(=O)N[C@@H](Cc1ccccc1)C(=O)N(C)[C@@H](C)C(=O)N[C@@H](Cc1ccc(O)cc1)C(=O)N[C@H](C(=O)N[C@@H](CO)C(=O)NCC(=O)N[C@@H](CCCNC(=N)N)C(=O)N(C)[C@@H](Cc1ccccc1)C(=O)N(C)CC(=O)N[C@@H](Cc1ccc(O)cc1)C(=O)N(C)[C@@H](Cc1ccccc1)C(=O)N1CCC[C@H]1C(=O)N[C@@H](CN)C(=O)NCC(N)=O)C(C)C. The monoisotopic (exact) mass is 1660 g/mol. The first kappa shape index (κ1) is 95.8. The van der Waals surface area contributed by atoms with E-state index < -0.39 is 193 Å². The topological polar surface area (TPSA) is 555 Å². The minimum atomic E-state index is -1.77. The van der Waals surface area contributed by atoms with Gasteiger partial charge in [-0.2, -0.15) is 0 Å². The number of aliphatic hydroxyl groups excluding tert-OH is 1. The van der Waals surface area contributed by atoms with E-state index in [0.29, 0.717) is 28.7 Å². The van der Waals surface area contributed by atoms with Crippen LogP contribution in [0, 0.1) is 11.3 Å². The number of hydrogen-bond donors (Lipinski definition) is 17. The number of aliphatic hydroxyl groups is 1. The number of benzene rings is 5. The number of amides is 15. The number of hydrogen-bond acceptors (Lipinski definition) is 20. The normalized spacial score (nSPS) is 14.8. The quantitative estimate of drug-likeness (QED) is 0.0105. The summed E-state index contributed by atoms with van der Waals surface area (Å²) in [5.74, 6) is -13.4. The number of primary amides is 1. The number of aromatic hydroxyl groups is 2. The number of nitrogens with zero attached hydrogens (tertiary/aromatic N) is 5. The molecule has 5 aromatic rings. The molecule has 0 saturated carbocycles. The van der Waals surface area contributed by atoms with Gasteiger partial charge in [0.2, 0.25) is 88.6 Å². The zero-order valence-corrected chi connectivity index (χ0v) is 68.7. The Hall–Kier alpha value is -13.1. The molecular formula is C83H113N19O18. The third-order valence-corrected chi connectivity index (χ3v) is 20.3. The Morgan fingerprint density at radius 3 is 1.45 bits per heavy atom. The van der Waals surface area contributed by atoms with Crippen LogP contribution >= 0.6 is 0 Å². The van der Waals surface area contributed by atoms with Crippen molar-refractivity contribution in [2.45, 2.75) is 158 Å². The highest BCUT2D eigenvalue weighted by molar-refractivity contribution is 6.00. The van der Waals surface area contributed by atoms with Crippen LogP contribution in [-0.2, 0) is 104 Å². The van der Waals surface area contributed by atoms with Crippen LogP contribution in [0.2, 0.25) is 0 Å². The van der Waals surface area contributed by atoms with Gasteiger partial charge in [0.25, 0.3) is 0 Å². The molecule has 37 nitrogen and oxygen atoms in total. The van der Waals surface area contributed by atoms with E-state index in [1.165, 1.54) is 88.5 Å². The Balaban J connectivity index is 1.17. The molecular weight excluding hydrogens is 1550 g/mol. The van der Waals surface area contributed by atoms with Gasteiger partial charge in [0.1, 0.15) is 78.0 Å². The van der Waals surface area contributed by atoms with E-state index in [1.54, 1.807) is 112 Å². The van der Waals surface area contributed by atoms with E-state index in [-0.39, 0.29) is 88.9 Å². The molecule has 0 aliphatic carbocycles. The molecule has 648 valence electrons. The predicted octanol–water partition coefficient (Wildman–Crippen LogP) is -3.05. The number of phenols is 2. The average Bonchev–Trinajstić information content (AvgIpc) is 1.56. The number of guanidine groups is 1. The van der Waals surface area contributed by atoms with Crippen LogP contribution in [0.1, 0.15) is 87.6 Å². The highest BCUT2D eigenvalue weighted by atomic mass is 16.3. The lowest BCUT2D eigenvalue weighted by Crippen LogP contribution is -2.61. The Labute approximate surface area is 696 Å². The summed E-state index contributed by atoms with van der Waals surface area (Å²) in [7, 11) is 5.31. The largest absolute Gasteiger partial charge is 0.508 e. The zero-order valence-electron chi connectivity index (χ0n) is 68.7. The van der Waals surface area contributed by atoms with E-state index >= 15 is 19.2 Å². The second-order valence-corrected chi connectivity index (χ2v) is 29.7. The lowest BCUT2D eigenvalue weighted by Gasteiger charge is -2.35. The van der Waals surface area contributed by atoms with Crippen LogP contribution in [0.15, 0.2) is 140 Å². The van der Waals surface area contributed by atoms with Crippen LogP contribution < -0.4 is 70.4 Å². The average molecular weight is 1660 g/mol. The number of carbonyl (C=O) groups excluding carboxylic acids is 15. The molecule has 0 aromatic heterocycles. The molecule has 5 aromatic carbocycles. The molecule has 1 saturated heterocycles. The molecule has 15 amide bonds. The summed E-state index contributed by atoms with van der Waals surface area (Å²) in [5.41, 5.74) is 19.4. The van der Waals surface area contributed by atoms with E-state index in [4.69, 9.17) is 22.6 Å². The molecule has 0 bridgehead atoms. The third kappa shape index (κ3) is 29.5. The van der Waals surface area contributed by atoms with Crippen molar-refractivity contribution in [3.05, 3.63) is 167 Å². The van der Waals surface area contributed by atoms with Crippen LogP contribution in [0.4, 0.5) is 0 Å². The lowest BCUT2D eigenvalue weighted by molar-refractivity contribution is -0.149. The van der Waals surface area contributed by atoms with Crippen LogP contribution in [-0.4, -0.2) is 275 Å². The van der Waals surface area contributed by atoms with Gasteiger partial charge in [-0.25, -0.2) is 0 Å². The van der Waals surface area contributed by atoms with E-state index in [2.05, 4.69) is 53.2 Å². The van der Waals surface area contributed by atoms with Gasteiger partial charge < -0.3 is 110 Å². The minimum absolute atomic E-state index is 0.0229. The number of likely N-dealkylation sites (N-methyl/N-ethyl adjacent to an activating group) is 4. The van der Waals surface area contributed by atoms with Crippen molar-refractivity contribution in [1.82, 2.24) is 77.7 Å². The van der Waals surface area contributed by atoms with Gasteiger partial charge in [0, 0.05) is 86.3 Å². The molecule has 0 radical (unpaired) electrons. The molecule has 37 heteroatoms. The lowest BCUT2D eigenvalue weighted by atomic mass is 10.00.